The fraction of sp³-hybridized carbons (Fsp3) is 0. The summed E-state index contributed by atoms with van der Waals surface area (Å²) in [6.45, 7) is 0. The number of nitrogens with zero attached hydrogens (tertiary/aromatic N) is 6. The minimum absolute atomic E-state index is 0.799. The lowest BCUT2D eigenvalue weighted by Gasteiger charge is -2.13. The van der Waals surface area contributed by atoms with Crippen molar-refractivity contribution in [3.05, 3.63) is 206 Å². The Bertz CT molecular complexity index is 3410. The Kier molecular flexibility index (Phi) is 7.13. The summed E-state index contributed by atoms with van der Waals surface area (Å²) in [6, 6.07) is 71.1. The monoisotopic (exact) mass is 742 g/mol. The third-order valence-electron chi connectivity index (χ3n) is 11.5. The lowest BCUT2D eigenvalue weighted by Crippen LogP contribution is -2.01. The molecule has 6 nitrogen and oxygen atoms in total. The van der Waals surface area contributed by atoms with Crippen LogP contribution in [0.4, 0.5) is 0 Å². The summed E-state index contributed by atoms with van der Waals surface area (Å²) in [5.41, 5.74) is 12.2. The molecule has 0 bridgehead atoms. The van der Waals surface area contributed by atoms with Crippen molar-refractivity contribution in [3.8, 4) is 45.5 Å². The molecule has 0 spiro atoms. The number of hydrogen-bond donors (Lipinski definition) is 0. The molecule has 0 aliphatic rings. The number of aromatic nitrogens is 6. The molecule has 0 radical (unpaired) electrons. The van der Waals surface area contributed by atoms with Crippen LogP contribution in [0.3, 0.4) is 0 Å². The van der Waals surface area contributed by atoms with Gasteiger partial charge >= 0.3 is 0 Å². The Morgan fingerprint density at radius 3 is 1.47 bits per heavy atom. The number of fused-ring (bicyclic) bond motifs is 8. The molecule has 58 heavy (non-hydrogen) atoms. The normalized spacial score (nSPS) is 11.8. The zero-order valence-electron chi connectivity index (χ0n) is 31.3. The zero-order valence-corrected chi connectivity index (χ0v) is 31.3. The molecule has 0 unspecified atom stereocenters. The third-order valence-corrected chi connectivity index (χ3v) is 11.5. The Hall–Kier alpha value is -7.96. The summed E-state index contributed by atoms with van der Waals surface area (Å²) in [6.07, 6.45) is 2.19. The SMILES string of the molecule is c1ccc(-c2nnc(-c3ccccc3)n2-c2ccc(-n3c4ccccc4c4cc5c6ccc7c(ccn7-c7ccccc7)c6n(-c6ccccc6)c5cc43)cc2)cc1. The number of para-hydroxylation sites is 3. The Morgan fingerprint density at radius 1 is 0.293 bits per heavy atom. The summed E-state index contributed by atoms with van der Waals surface area (Å²) in [5.74, 6) is 1.60. The lowest BCUT2D eigenvalue weighted by atomic mass is 10.1. The van der Waals surface area contributed by atoms with Gasteiger partial charge in [0.05, 0.1) is 27.6 Å². The maximum absolute atomic E-state index is 4.71. The van der Waals surface area contributed by atoms with Gasteiger partial charge in [-0.05, 0) is 78.9 Å². The Balaban J connectivity index is 1.09. The van der Waals surface area contributed by atoms with Gasteiger partial charge in [0.25, 0.3) is 0 Å². The van der Waals surface area contributed by atoms with E-state index in [4.69, 9.17) is 10.2 Å². The Labute approximate surface area is 333 Å². The van der Waals surface area contributed by atoms with Crippen molar-refractivity contribution in [1.82, 2.24) is 28.5 Å². The van der Waals surface area contributed by atoms with Gasteiger partial charge in [-0.1, -0.05) is 121 Å². The van der Waals surface area contributed by atoms with E-state index in [0.717, 1.165) is 56.6 Å². The van der Waals surface area contributed by atoms with Crippen LogP contribution in [0.1, 0.15) is 0 Å². The molecule has 0 fully saturated rings. The maximum atomic E-state index is 4.71. The van der Waals surface area contributed by atoms with E-state index in [-0.39, 0.29) is 0 Å². The first-order chi connectivity index (χ1) is 28.8. The number of benzene rings is 8. The van der Waals surface area contributed by atoms with E-state index in [1.807, 2.05) is 36.4 Å². The van der Waals surface area contributed by atoms with E-state index < -0.39 is 0 Å². The van der Waals surface area contributed by atoms with Crippen LogP contribution in [-0.2, 0) is 0 Å². The molecular formula is C52H34N6. The van der Waals surface area contributed by atoms with Crippen LogP contribution in [0.25, 0.3) is 100 Å². The van der Waals surface area contributed by atoms with E-state index in [2.05, 4.69) is 188 Å². The van der Waals surface area contributed by atoms with Gasteiger partial charge in [-0.25, -0.2) is 0 Å². The van der Waals surface area contributed by atoms with Crippen molar-refractivity contribution in [3.63, 3.8) is 0 Å². The second-order valence-corrected chi connectivity index (χ2v) is 14.8. The first-order valence-corrected chi connectivity index (χ1v) is 19.6. The summed E-state index contributed by atoms with van der Waals surface area (Å²) >= 11 is 0. The highest BCUT2D eigenvalue weighted by Gasteiger charge is 2.22. The topological polar surface area (TPSA) is 45.5 Å². The Morgan fingerprint density at radius 2 is 0.810 bits per heavy atom. The minimum Gasteiger partial charge on any atom is -0.316 e. The van der Waals surface area contributed by atoms with Crippen LogP contribution in [0, 0.1) is 0 Å². The number of rotatable bonds is 6. The molecule has 4 aromatic heterocycles. The standard InChI is InChI=1S/C52H34N6/c1-5-15-35(16-6-1)51-53-54-52(36-17-7-2-8-18-36)58(51)40-27-25-39(26-28-40)56-47-24-14-13-23-41(47)44-33-45-42-29-30-46-43(31-32-55(46)37-19-9-3-10-20-37)50(42)57(49(45)34-48(44)56)38-21-11-4-12-22-38/h1-34H. The van der Waals surface area contributed by atoms with E-state index in [9.17, 15) is 0 Å². The van der Waals surface area contributed by atoms with E-state index in [1.54, 1.807) is 0 Å². The van der Waals surface area contributed by atoms with E-state index >= 15 is 0 Å². The minimum atomic E-state index is 0.799. The maximum Gasteiger partial charge on any atom is 0.168 e. The van der Waals surface area contributed by atoms with Crippen molar-refractivity contribution < 1.29 is 0 Å². The van der Waals surface area contributed by atoms with Gasteiger partial charge < -0.3 is 13.7 Å². The first kappa shape index (κ1) is 32.3. The highest BCUT2D eigenvalue weighted by Crippen LogP contribution is 2.42. The molecule has 4 heterocycles. The van der Waals surface area contributed by atoms with Crippen molar-refractivity contribution in [1.29, 1.82) is 0 Å². The predicted octanol–water partition coefficient (Wildman–Crippen LogP) is 12.7. The van der Waals surface area contributed by atoms with Gasteiger partial charge in [0.2, 0.25) is 0 Å². The van der Waals surface area contributed by atoms with Crippen molar-refractivity contribution >= 4 is 54.5 Å². The average Bonchev–Trinajstić information content (AvgIpc) is 4.08. The van der Waals surface area contributed by atoms with Gasteiger partial charge in [0, 0.05) is 67.0 Å². The van der Waals surface area contributed by atoms with Gasteiger partial charge in [-0.2, -0.15) is 0 Å². The van der Waals surface area contributed by atoms with Gasteiger partial charge in [0.15, 0.2) is 11.6 Å². The number of hydrogen-bond acceptors (Lipinski definition) is 2. The highest BCUT2D eigenvalue weighted by atomic mass is 15.3. The third kappa shape index (κ3) is 4.85. The van der Waals surface area contributed by atoms with Gasteiger partial charge in [-0.15, -0.1) is 10.2 Å². The fourth-order valence-electron chi connectivity index (χ4n) is 8.95. The predicted molar refractivity (Wildman–Crippen MR) is 238 cm³/mol. The van der Waals surface area contributed by atoms with E-state index in [0.29, 0.717) is 0 Å². The fourth-order valence-corrected chi connectivity index (χ4v) is 8.95. The van der Waals surface area contributed by atoms with Gasteiger partial charge in [-0.3, -0.25) is 4.57 Å². The van der Waals surface area contributed by atoms with Crippen LogP contribution in [0.2, 0.25) is 0 Å². The summed E-state index contributed by atoms with van der Waals surface area (Å²) < 4.78 is 9.31. The highest BCUT2D eigenvalue weighted by molar-refractivity contribution is 6.23. The molecule has 0 aliphatic carbocycles. The summed E-state index contributed by atoms with van der Waals surface area (Å²) in [5, 5.41) is 15.5. The van der Waals surface area contributed by atoms with Crippen LogP contribution in [0.5, 0.6) is 0 Å². The van der Waals surface area contributed by atoms with Crippen LogP contribution in [-0.4, -0.2) is 28.5 Å². The molecule has 0 N–H and O–H groups in total. The molecular weight excluding hydrogens is 709 g/mol. The van der Waals surface area contributed by atoms with Crippen LogP contribution < -0.4 is 0 Å². The first-order valence-electron chi connectivity index (χ1n) is 19.6. The molecule has 0 amide bonds. The van der Waals surface area contributed by atoms with Crippen LogP contribution in [0.15, 0.2) is 206 Å². The molecule has 8 aromatic carbocycles. The molecule has 12 rings (SSSR count). The lowest BCUT2D eigenvalue weighted by molar-refractivity contribution is 1.07. The second kappa shape index (κ2) is 12.8. The molecule has 0 aliphatic heterocycles. The van der Waals surface area contributed by atoms with E-state index in [1.165, 1.54) is 43.5 Å². The molecule has 272 valence electrons. The molecule has 0 atom stereocenters. The molecule has 12 aromatic rings. The smallest absolute Gasteiger partial charge is 0.168 e. The molecule has 0 saturated carbocycles. The largest absolute Gasteiger partial charge is 0.316 e. The summed E-state index contributed by atoms with van der Waals surface area (Å²) in [4.78, 5) is 0. The zero-order chi connectivity index (χ0) is 38.2. The van der Waals surface area contributed by atoms with Gasteiger partial charge in [0.1, 0.15) is 0 Å². The molecule has 6 heteroatoms. The average molecular weight is 743 g/mol. The summed E-state index contributed by atoms with van der Waals surface area (Å²) in [7, 11) is 0. The second-order valence-electron chi connectivity index (χ2n) is 14.8. The molecule has 0 saturated heterocycles. The van der Waals surface area contributed by atoms with Crippen LogP contribution >= 0.6 is 0 Å². The van der Waals surface area contributed by atoms with Crippen molar-refractivity contribution in [2.24, 2.45) is 0 Å². The van der Waals surface area contributed by atoms with Crippen molar-refractivity contribution in [2.75, 3.05) is 0 Å². The van der Waals surface area contributed by atoms with Crippen molar-refractivity contribution in [2.45, 2.75) is 0 Å². The quantitative estimate of drug-likeness (QED) is 0.170.